The molecule has 108 valence electrons. The Kier molecular flexibility index (Phi) is 4.60. The summed E-state index contributed by atoms with van der Waals surface area (Å²) in [7, 11) is 0. The first kappa shape index (κ1) is 14.8. The molecule has 5 nitrogen and oxygen atoms in total. The highest BCUT2D eigenvalue weighted by Crippen LogP contribution is 2.28. The lowest BCUT2D eigenvalue weighted by atomic mass is 9.98. The van der Waals surface area contributed by atoms with E-state index in [0.29, 0.717) is 11.6 Å². The normalized spacial score (nSPS) is 18.9. The first-order chi connectivity index (χ1) is 9.54. The Hall–Kier alpha value is -1.62. The largest absolute Gasteiger partial charge is 0.335 e. The molecule has 0 N–H and O–H groups in total. The standard InChI is InChI=1S/C14H17ClN2O3/c1-2-11-5-3-4-8-16(11)14(18)12-9-10(15)6-7-13(12)17(19)20/h6-7,9,11H,2-5,8H2,1H3/t11-/m0/s1. The van der Waals surface area contributed by atoms with Crippen LogP contribution in [0, 0.1) is 10.1 Å². The van der Waals surface area contributed by atoms with E-state index >= 15 is 0 Å². The van der Waals surface area contributed by atoms with Crippen LogP contribution in [0.2, 0.25) is 5.02 Å². The van der Waals surface area contributed by atoms with E-state index in [1.807, 2.05) is 6.92 Å². The van der Waals surface area contributed by atoms with E-state index in [-0.39, 0.29) is 23.2 Å². The zero-order chi connectivity index (χ0) is 14.7. The number of halogens is 1. The van der Waals surface area contributed by atoms with Crippen LogP contribution in [0.1, 0.15) is 43.0 Å². The number of piperidine rings is 1. The molecule has 0 aliphatic carbocycles. The van der Waals surface area contributed by atoms with Gasteiger partial charge in [-0.25, -0.2) is 0 Å². The zero-order valence-corrected chi connectivity index (χ0v) is 12.1. The molecule has 2 rings (SSSR count). The van der Waals surface area contributed by atoms with Gasteiger partial charge < -0.3 is 4.90 Å². The van der Waals surface area contributed by atoms with Crippen molar-refractivity contribution in [3.8, 4) is 0 Å². The quantitative estimate of drug-likeness (QED) is 0.631. The lowest BCUT2D eigenvalue weighted by Gasteiger charge is -2.35. The lowest BCUT2D eigenvalue weighted by Crippen LogP contribution is -2.43. The smallest absolute Gasteiger partial charge is 0.282 e. The number of amides is 1. The molecule has 20 heavy (non-hydrogen) atoms. The summed E-state index contributed by atoms with van der Waals surface area (Å²) in [5.74, 6) is -0.286. The fourth-order valence-corrected chi connectivity index (χ4v) is 2.86. The maximum Gasteiger partial charge on any atom is 0.282 e. The van der Waals surface area contributed by atoms with Crippen molar-refractivity contribution in [3.63, 3.8) is 0 Å². The number of carbonyl (C=O) groups excluding carboxylic acids is 1. The van der Waals surface area contributed by atoms with Gasteiger partial charge in [0.05, 0.1) is 4.92 Å². The third-order valence-corrected chi connectivity index (χ3v) is 3.98. The molecule has 1 aliphatic rings. The Morgan fingerprint density at radius 3 is 2.90 bits per heavy atom. The summed E-state index contributed by atoms with van der Waals surface area (Å²) in [6.07, 6.45) is 3.85. The first-order valence-electron chi connectivity index (χ1n) is 6.79. The molecule has 1 aromatic carbocycles. The molecule has 1 heterocycles. The molecule has 1 atom stereocenters. The molecule has 0 bridgehead atoms. The minimum Gasteiger partial charge on any atom is -0.335 e. The monoisotopic (exact) mass is 296 g/mol. The van der Waals surface area contributed by atoms with Gasteiger partial charge in [0.1, 0.15) is 5.56 Å². The number of benzene rings is 1. The fourth-order valence-electron chi connectivity index (χ4n) is 2.69. The number of hydrogen-bond acceptors (Lipinski definition) is 3. The van der Waals surface area contributed by atoms with Gasteiger partial charge in [-0.3, -0.25) is 14.9 Å². The highest BCUT2D eigenvalue weighted by Gasteiger charge is 2.30. The van der Waals surface area contributed by atoms with Gasteiger partial charge in [-0.1, -0.05) is 18.5 Å². The van der Waals surface area contributed by atoms with Crippen LogP contribution >= 0.6 is 11.6 Å². The maximum absolute atomic E-state index is 12.6. The van der Waals surface area contributed by atoms with Crippen LogP contribution in [0.5, 0.6) is 0 Å². The van der Waals surface area contributed by atoms with Crippen LogP contribution in [0.25, 0.3) is 0 Å². The Bertz CT molecular complexity index is 533. The van der Waals surface area contributed by atoms with Gasteiger partial charge in [0, 0.05) is 23.7 Å². The summed E-state index contributed by atoms with van der Waals surface area (Å²) in [6, 6.07) is 4.28. The second-order valence-electron chi connectivity index (χ2n) is 4.97. The van der Waals surface area contributed by atoms with Crippen molar-refractivity contribution >= 4 is 23.2 Å². The van der Waals surface area contributed by atoms with Crippen LogP contribution in [0.4, 0.5) is 5.69 Å². The maximum atomic E-state index is 12.6. The minimum atomic E-state index is -0.533. The highest BCUT2D eigenvalue weighted by molar-refractivity contribution is 6.31. The number of nitrogens with zero attached hydrogens (tertiary/aromatic N) is 2. The van der Waals surface area contributed by atoms with Crippen molar-refractivity contribution in [2.24, 2.45) is 0 Å². The molecule has 1 amide bonds. The molecule has 1 aromatic rings. The SMILES string of the molecule is CC[C@H]1CCCCN1C(=O)c1cc(Cl)ccc1[N+](=O)[O-]. The van der Waals surface area contributed by atoms with Crippen LogP contribution in [0.15, 0.2) is 18.2 Å². The molecule has 6 heteroatoms. The van der Waals surface area contributed by atoms with Gasteiger partial charge in [-0.15, -0.1) is 0 Å². The number of nitro groups is 1. The molecule has 0 spiro atoms. The third-order valence-electron chi connectivity index (χ3n) is 3.74. The number of hydrogen-bond donors (Lipinski definition) is 0. The molecule has 1 saturated heterocycles. The number of likely N-dealkylation sites (tertiary alicyclic amines) is 1. The summed E-state index contributed by atoms with van der Waals surface area (Å²) in [5, 5.41) is 11.4. The zero-order valence-electron chi connectivity index (χ0n) is 11.3. The molecule has 0 radical (unpaired) electrons. The Balaban J connectivity index is 2.36. The molecule has 0 aromatic heterocycles. The molecular formula is C14H17ClN2O3. The van der Waals surface area contributed by atoms with E-state index < -0.39 is 4.92 Å². The molecule has 1 aliphatic heterocycles. The van der Waals surface area contributed by atoms with Crippen molar-refractivity contribution < 1.29 is 9.72 Å². The fraction of sp³-hybridized carbons (Fsp3) is 0.500. The number of rotatable bonds is 3. The number of carbonyl (C=O) groups is 1. The van der Waals surface area contributed by atoms with Gasteiger partial charge in [0.2, 0.25) is 0 Å². The van der Waals surface area contributed by atoms with Gasteiger partial charge >= 0.3 is 0 Å². The van der Waals surface area contributed by atoms with Crippen LogP contribution in [-0.2, 0) is 0 Å². The first-order valence-corrected chi connectivity index (χ1v) is 7.17. The van der Waals surface area contributed by atoms with E-state index in [0.717, 1.165) is 25.7 Å². The average molecular weight is 297 g/mol. The summed E-state index contributed by atoms with van der Waals surface area (Å²) < 4.78 is 0. The minimum absolute atomic E-state index is 0.0860. The average Bonchev–Trinajstić information content (AvgIpc) is 2.46. The topological polar surface area (TPSA) is 63.5 Å². The Morgan fingerprint density at radius 1 is 1.50 bits per heavy atom. The van der Waals surface area contributed by atoms with E-state index in [2.05, 4.69) is 0 Å². The van der Waals surface area contributed by atoms with E-state index in [9.17, 15) is 14.9 Å². The van der Waals surface area contributed by atoms with Gasteiger partial charge in [0.25, 0.3) is 11.6 Å². The van der Waals surface area contributed by atoms with Crippen molar-refractivity contribution in [1.29, 1.82) is 0 Å². The van der Waals surface area contributed by atoms with Crippen molar-refractivity contribution in [2.45, 2.75) is 38.6 Å². The Morgan fingerprint density at radius 2 is 2.25 bits per heavy atom. The van der Waals surface area contributed by atoms with E-state index in [1.54, 1.807) is 4.90 Å². The predicted octanol–water partition coefficient (Wildman–Crippen LogP) is 3.65. The van der Waals surface area contributed by atoms with Gasteiger partial charge in [-0.2, -0.15) is 0 Å². The van der Waals surface area contributed by atoms with Crippen molar-refractivity contribution in [1.82, 2.24) is 4.90 Å². The third kappa shape index (κ3) is 2.93. The molecule has 1 fully saturated rings. The van der Waals surface area contributed by atoms with Crippen LogP contribution in [0.3, 0.4) is 0 Å². The summed E-state index contributed by atoms with van der Waals surface area (Å²) in [5.41, 5.74) is -0.0947. The summed E-state index contributed by atoms with van der Waals surface area (Å²) in [6.45, 7) is 2.68. The number of nitro benzene ring substituents is 1. The Labute approximate surface area is 122 Å². The summed E-state index contributed by atoms with van der Waals surface area (Å²) in [4.78, 5) is 24.9. The molecule has 0 saturated carbocycles. The molecular weight excluding hydrogens is 280 g/mol. The summed E-state index contributed by atoms with van der Waals surface area (Å²) >= 11 is 5.88. The second-order valence-corrected chi connectivity index (χ2v) is 5.41. The van der Waals surface area contributed by atoms with Crippen molar-refractivity contribution in [3.05, 3.63) is 38.9 Å². The second kappa shape index (κ2) is 6.22. The van der Waals surface area contributed by atoms with Crippen LogP contribution < -0.4 is 0 Å². The van der Waals surface area contributed by atoms with E-state index in [1.165, 1.54) is 18.2 Å². The highest BCUT2D eigenvalue weighted by atomic mass is 35.5. The van der Waals surface area contributed by atoms with E-state index in [4.69, 9.17) is 11.6 Å². The van der Waals surface area contributed by atoms with Crippen molar-refractivity contribution in [2.75, 3.05) is 6.54 Å². The van der Waals surface area contributed by atoms with Gasteiger partial charge in [-0.05, 0) is 37.8 Å². The molecule has 0 unspecified atom stereocenters. The lowest BCUT2D eigenvalue weighted by molar-refractivity contribution is -0.385. The predicted molar refractivity (Wildman–Crippen MR) is 77.1 cm³/mol. The van der Waals surface area contributed by atoms with Crippen LogP contribution in [-0.4, -0.2) is 28.3 Å². The van der Waals surface area contributed by atoms with Gasteiger partial charge in [0.15, 0.2) is 0 Å².